The van der Waals surface area contributed by atoms with Gasteiger partial charge in [0.2, 0.25) is 0 Å². The number of fused-ring (bicyclic) bond motifs is 1. The lowest BCUT2D eigenvalue weighted by molar-refractivity contribution is -0.384. The molecule has 0 saturated carbocycles. The number of nitro groups is 1. The molecule has 0 radical (unpaired) electrons. The summed E-state index contributed by atoms with van der Waals surface area (Å²) in [5, 5.41) is 13.6. The number of nitrogens with zero attached hydrogens (tertiary/aromatic N) is 2. The number of methoxy groups -OCH3 is 1. The number of ether oxygens (including phenoxy) is 1. The third-order valence-corrected chi connectivity index (χ3v) is 4.16. The molecule has 0 aliphatic carbocycles. The smallest absolute Gasteiger partial charge is 0.338 e. The summed E-state index contributed by atoms with van der Waals surface area (Å²) in [5.41, 5.74) is -0.183. The fourth-order valence-corrected chi connectivity index (χ4v) is 2.73. The number of benzene rings is 2. The second-order valence-electron chi connectivity index (χ2n) is 5.90. The first kappa shape index (κ1) is 18.7. The molecule has 2 aromatic rings. The number of hydrogen-bond acceptors (Lipinski definition) is 7. The van der Waals surface area contributed by atoms with E-state index in [0.29, 0.717) is 0 Å². The Morgan fingerprint density at radius 1 is 1.04 bits per heavy atom. The summed E-state index contributed by atoms with van der Waals surface area (Å²) in [4.78, 5) is 59.5. The molecule has 142 valence electrons. The van der Waals surface area contributed by atoms with Crippen LogP contribution in [0.5, 0.6) is 0 Å². The Hall–Kier alpha value is -4.08. The molecule has 1 aliphatic heterocycles. The minimum absolute atomic E-state index is 0.139. The predicted molar refractivity (Wildman–Crippen MR) is 95.3 cm³/mol. The van der Waals surface area contributed by atoms with Crippen molar-refractivity contribution < 1.29 is 28.8 Å². The van der Waals surface area contributed by atoms with Crippen LogP contribution in [0.1, 0.15) is 41.4 Å². The van der Waals surface area contributed by atoms with Crippen LogP contribution >= 0.6 is 0 Å². The number of carbonyl (C=O) groups is 4. The van der Waals surface area contributed by atoms with Gasteiger partial charge < -0.3 is 10.1 Å². The number of hydrogen-bond donors (Lipinski definition) is 1. The number of nitro benzene ring substituents is 1. The molecule has 1 heterocycles. The van der Waals surface area contributed by atoms with Crippen molar-refractivity contribution in [2.75, 3.05) is 19.5 Å². The number of nitrogens with one attached hydrogen (secondary N) is 1. The van der Waals surface area contributed by atoms with Gasteiger partial charge in [-0.15, -0.1) is 0 Å². The summed E-state index contributed by atoms with van der Waals surface area (Å²) in [7, 11) is 2.46. The first-order valence-electron chi connectivity index (χ1n) is 7.88. The van der Waals surface area contributed by atoms with E-state index in [9.17, 15) is 29.3 Å². The van der Waals surface area contributed by atoms with E-state index >= 15 is 0 Å². The van der Waals surface area contributed by atoms with Crippen LogP contribution in [0, 0.1) is 10.1 Å². The molecule has 0 saturated heterocycles. The molecule has 0 spiro atoms. The highest BCUT2D eigenvalue weighted by Gasteiger charge is 2.32. The van der Waals surface area contributed by atoms with E-state index in [1.807, 2.05) is 0 Å². The van der Waals surface area contributed by atoms with E-state index in [2.05, 4.69) is 10.1 Å². The van der Waals surface area contributed by atoms with E-state index in [-0.39, 0.29) is 27.9 Å². The lowest BCUT2D eigenvalue weighted by Crippen LogP contribution is -2.24. The van der Waals surface area contributed by atoms with Gasteiger partial charge in [0.25, 0.3) is 23.4 Å². The Labute approximate surface area is 157 Å². The van der Waals surface area contributed by atoms with Crippen molar-refractivity contribution in [2.45, 2.75) is 0 Å². The van der Waals surface area contributed by atoms with Gasteiger partial charge in [0.1, 0.15) is 0 Å². The van der Waals surface area contributed by atoms with E-state index in [1.54, 1.807) is 0 Å². The van der Waals surface area contributed by atoms with Crippen LogP contribution < -0.4 is 5.32 Å². The fourth-order valence-electron chi connectivity index (χ4n) is 2.73. The lowest BCUT2D eigenvalue weighted by atomic mass is 10.1. The first-order valence-corrected chi connectivity index (χ1v) is 7.88. The van der Waals surface area contributed by atoms with Crippen LogP contribution in [0.4, 0.5) is 11.4 Å². The van der Waals surface area contributed by atoms with Crippen LogP contribution in [0.2, 0.25) is 0 Å². The number of amides is 3. The average molecular weight is 383 g/mol. The molecule has 0 aromatic heterocycles. The fraction of sp³-hybridized carbons (Fsp3) is 0.111. The summed E-state index contributed by atoms with van der Waals surface area (Å²) in [6, 6.07) is 7.34. The van der Waals surface area contributed by atoms with Crippen LogP contribution in [-0.4, -0.2) is 47.7 Å². The molecule has 10 heteroatoms. The molecule has 2 aromatic carbocycles. The largest absolute Gasteiger partial charge is 0.465 e. The molecule has 28 heavy (non-hydrogen) atoms. The molecule has 3 rings (SSSR count). The van der Waals surface area contributed by atoms with E-state index in [4.69, 9.17) is 0 Å². The molecule has 1 aliphatic rings. The van der Waals surface area contributed by atoms with Crippen LogP contribution in [0.3, 0.4) is 0 Å². The number of anilines is 1. The summed E-state index contributed by atoms with van der Waals surface area (Å²) in [5.74, 6) is -2.51. The van der Waals surface area contributed by atoms with Gasteiger partial charge >= 0.3 is 5.97 Å². The molecule has 0 atom stereocenters. The van der Waals surface area contributed by atoms with Crippen molar-refractivity contribution in [3.63, 3.8) is 0 Å². The standard InChI is InChI=1S/C18H13N3O7/c1-20-16(23)13-4-3-11(8-14(13)17(20)24)19-15(22)9-5-10(18(25)28-2)7-12(6-9)21(26)27/h3-8H,1-2H3,(H,19,22). The highest BCUT2D eigenvalue weighted by Crippen LogP contribution is 2.25. The number of non-ortho nitro benzene ring substituents is 1. The monoisotopic (exact) mass is 383 g/mol. The number of imide groups is 1. The lowest BCUT2D eigenvalue weighted by Gasteiger charge is -2.08. The van der Waals surface area contributed by atoms with Crippen LogP contribution in [-0.2, 0) is 4.74 Å². The molecule has 1 N–H and O–H groups in total. The zero-order valence-corrected chi connectivity index (χ0v) is 14.7. The van der Waals surface area contributed by atoms with E-state index in [0.717, 1.165) is 30.2 Å². The molecular formula is C18H13N3O7. The minimum Gasteiger partial charge on any atom is -0.465 e. The third kappa shape index (κ3) is 3.18. The molecule has 3 amide bonds. The molecular weight excluding hydrogens is 370 g/mol. The summed E-state index contributed by atoms with van der Waals surface area (Å²) in [6.45, 7) is 0. The first-order chi connectivity index (χ1) is 13.2. The maximum atomic E-state index is 12.5. The number of rotatable bonds is 4. The van der Waals surface area contributed by atoms with Crippen molar-refractivity contribution in [1.82, 2.24) is 4.90 Å². The quantitative estimate of drug-likeness (QED) is 0.368. The van der Waals surface area contributed by atoms with Gasteiger partial charge in [-0.1, -0.05) is 0 Å². The molecule has 10 nitrogen and oxygen atoms in total. The summed E-state index contributed by atoms with van der Waals surface area (Å²) >= 11 is 0. The Morgan fingerprint density at radius 2 is 1.68 bits per heavy atom. The Kier molecular flexibility index (Phi) is 4.62. The molecule has 0 bridgehead atoms. The highest BCUT2D eigenvalue weighted by atomic mass is 16.6. The second kappa shape index (κ2) is 6.91. The average Bonchev–Trinajstić information content (AvgIpc) is 2.90. The Bertz CT molecular complexity index is 1060. The predicted octanol–water partition coefficient (Wildman–Crippen LogP) is 1.86. The highest BCUT2D eigenvalue weighted by molar-refractivity contribution is 6.21. The van der Waals surface area contributed by atoms with E-state index < -0.39 is 34.3 Å². The zero-order chi connectivity index (χ0) is 20.6. The second-order valence-corrected chi connectivity index (χ2v) is 5.90. The van der Waals surface area contributed by atoms with Crippen LogP contribution in [0.25, 0.3) is 0 Å². The SMILES string of the molecule is COC(=O)c1cc(C(=O)Nc2ccc3c(c2)C(=O)N(C)C3=O)cc([N+](=O)[O-])c1. The zero-order valence-electron chi connectivity index (χ0n) is 14.7. The van der Waals surface area contributed by atoms with Gasteiger partial charge in [0, 0.05) is 30.4 Å². The van der Waals surface area contributed by atoms with Crippen molar-refractivity contribution in [3.8, 4) is 0 Å². The normalized spacial score (nSPS) is 12.6. The van der Waals surface area contributed by atoms with Crippen molar-refractivity contribution >= 4 is 35.1 Å². The maximum Gasteiger partial charge on any atom is 0.338 e. The summed E-state index contributed by atoms with van der Waals surface area (Å²) in [6.07, 6.45) is 0. The van der Waals surface area contributed by atoms with E-state index in [1.165, 1.54) is 25.2 Å². The van der Waals surface area contributed by atoms with Crippen molar-refractivity contribution in [1.29, 1.82) is 0 Å². The van der Waals surface area contributed by atoms with Crippen LogP contribution in [0.15, 0.2) is 36.4 Å². The Balaban J connectivity index is 1.93. The molecule has 0 fully saturated rings. The van der Waals surface area contributed by atoms with Gasteiger partial charge in [-0.2, -0.15) is 0 Å². The number of carbonyl (C=O) groups excluding carboxylic acids is 4. The summed E-state index contributed by atoms with van der Waals surface area (Å²) < 4.78 is 4.54. The van der Waals surface area contributed by atoms with Crippen molar-refractivity contribution in [3.05, 3.63) is 68.8 Å². The Morgan fingerprint density at radius 3 is 2.32 bits per heavy atom. The van der Waals surface area contributed by atoms with Gasteiger partial charge in [0.15, 0.2) is 0 Å². The van der Waals surface area contributed by atoms with Gasteiger partial charge in [-0.3, -0.25) is 29.4 Å². The molecule has 0 unspecified atom stereocenters. The van der Waals surface area contributed by atoms with Crippen molar-refractivity contribution in [2.24, 2.45) is 0 Å². The topological polar surface area (TPSA) is 136 Å². The van der Waals surface area contributed by atoms with Gasteiger partial charge in [-0.05, 0) is 24.3 Å². The van der Waals surface area contributed by atoms with Gasteiger partial charge in [0.05, 0.1) is 28.7 Å². The maximum absolute atomic E-state index is 12.5. The third-order valence-electron chi connectivity index (χ3n) is 4.16. The number of esters is 1. The minimum atomic E-state index is -0.831. The van der Waals surface area contributed by atoms with Gasteiger partial charge in [-0.25, -0.2) is 4.79 Å².